The second-order valence-corrected chi connectivity index (χ2v) is 6.75. The molecule has 7 heteroatoms. The number of ether oxygens (including phenoxy) is 3. The van der Waals surface area contributed by atoms with Crippen molar-refractivity contribution in [3.8, 4) is 28.7 Å². The van der Waals surface area contributed by atoms with E-state index in [1.54, 1.807) is 50.6 Å². The van der Waals surface area contributed by atoms with Gasteiger partial charge in [-0.15, -0.1) is 11.3 Å². The minimum Gasteiger partial charge on any atom is -0.493 e. The van der Waals surface area contributed by atoms with Crippen LogP contribution in [0.5, 0.6) is 11.5 Å². The van der Waals surface area contributed by atoms with E-state index in [2.05, 4.69) is 0 Å². The van der Waals surface area contributed by atoms with Gasteiger partial charge in [0.05, 0.1) is 25.9 Å². The molecule has 0 fully saturated rings. The quantitative estimate of drug-likeness (QED) is 0.628. The third kappa shape index (κ3) is 3.92. The molecule has 2 N–H and O–H groups in total. The Labute approximate surface area is 166 Å². The van der Waals surface area contributed by atoms with E-state index in [1.807, 2.05) is 17.5 Å². The number of hydrogen-bond acceptors (Lipinski definition) is 7. The lowest BCUT2D eigenvalue weighted by Gasteiger charge is -2.11. The van der Waals surface area contributed by atoms with E-state index in [9.17, 15) is 4.79 Å². The summed E-state index contributed by atoms with van der Waals surface area (Å²) in [4.78, 5) is 12.7. The standard InChI is InChI=1S/C21H18N2O4S/c1-25-17-8-7-15(9-18(17)26-2)16-12-28-20(23)19(16)21(24)27-11-14-5-3-13(10-22)4-6-14/h3-9,12H,11,23H2,1-2H3. The van der Waals surface area contributed by atoms with Gasteiger partial charge in [-0.25, -0.2) is 4.79 Å². The zero-order chi connectivity index (χ0) is 20.1. The van der Waals surface area contributed by atoms with Crippen molar-refractivity contribution in [3.63, 3.8) is 0 Å². The van der Waals surface area contributed by atoms with E-state index in [-0.39, 0.29) is 6.61 Å². The lowest BCUT2D eigenvalue weighted by molar-refractivity contribution is 0.0475. The van der Waals surface area contributed by atoms with Gasteiger partial charge in [0.25, 0.3) is 0 Å². The maximum absolute atomic E-state index is 12.7. The number of benzene rings is 2. The zero-order valence-electron chi connectivity index (χ0n) is 15.4. The van der Waals surface area contributed by atoms with Gasteiger partial charge in [0.1, 0.15) is 17.2 Å². The van der Waals surface area contributed by atoms with Gasteiger partial charge in [0.2, 0.25) is 0 Å². The molecule has 1 heterocycles. The third-order valence-electron chi connectivity index (χ3n) is 4.17. The van der Waals surface area contributed by atoms with E-state index in [0.717, 1.165) is 11.1 Å². The van der Waals surface area contributed by atoms with Crippen molar-refractivity contribution in [2.45, 2.75) is 6.61 Å². The largest absolute Gasteiger partial charge is 0.493 e. The molecule has 0 amide bonds. The summed E-state index contributed by atoms with van der Waals surface area (Å²) in [5, 5.41) is 11.0. The molecule has 3 rings (SSSR count). The Kier molecular flexibility index (Phi) is 5.82. The first-order valence-corrected chi connectivity index (χ1v) is 9.21. The topological polar surface area (TPSA) is 94.6 Å². The number of methoxy groups -OCH3 is 2. The first kappa shape index (κ1) is 19.3. The Morgan fingerprint density at radius 2 is 1.82 bits per heavy atom. The van der Waals surface area contributed by atoms with Crippen LogP contribution in [0.1, 0.15) is 21.5 Å². The van der Waals surface area contributed by atoms with Crippen LogP contribution in [0.2, 0.25) is 0 Å². The van der Waals surface area contributed by atoms with Gasteiger partial charge in [0, 0.05) is 10.9 Å². The summed E-state index contributed by atoms with van der Waals surface area (Å²) in [6.07, 6.45) is 0. The number of nitrogen functional groups attached to an aromatic ring is 1. The molecule has 0 atom stereocenters. The van der Waals surface area contributed by atoms with E-state index in [4.69, 9.17) is 25.2 Å². The van der Waals surface area contributed by atoms with Crippen molar-refractivity contribution in [1.29, 1.82) is 5.26 Å². The summed E-state index contributed by atoms with van der Waals surface area (Å²) in [6.45, 7) is 0.0885. The minimum atomic E-state index is -0.507. The molecule has 0 spiro atoms. The lowest BCUT2D eigenvalue weighted by atomic mass is 10.0. The number of hydrogen-bond donors (Lipinski definition) is 1. The molecule has 1 aromatic heterocycles. The van der Waals surface area contributed by atoms with Gasteiger partial charge >= 0.3 is 5.97 Å². The van der Waals surface area contributed by atoms with Crippen LogP contribution in [0.15, 0.2) is 47.8 Å². The molecule has 142 valence electrons. The van der Waals surface area contributed by atoms with E-state index >= 15 is 0 Å². The first-order chi connectivity index (χ1) is 13.6. The van der Waals surface area contributed by atoms with Crippen molar-refractivity contribution in [3.05, 3.63) is 64.5 Å². The maximum Gasteiger partial charge on any atom is 0.342 e. The highest BCUT2D eigenvalue weighted by Crippen LogP contribution is 2.38. The van der Waals surface area contributed by atoms with Gasteiger partial charge in [-0.05, 0) is 35.4 Å². The molecule has 0 bridgehead atoms. The fourth-order valence-electron chi connectivity index (χ4n) is 2.70. The molecule has 0 radical (unpaired) electrons. The summed E-state index contributed by atoms with van der Waals surface area (Å²) in [5.41, 5.74) is 9.15. The normalized spacial score (nSPS) is 10.2. The van der Waals surface area contributed by atoms with Crippen LogP contribution in [-0.2, 0) is 11.3 Å². The number of nitriles is 1. The molecule has 0 saturated carbocycles. The number of carbonyl (C=O) groups excluding carboxylic acids is 1. The number of nitrogens with two attached hydrogens (primary N) is 1. The van der Waals surface area contributed by atoms with Crippen molar-refractivity contribution in [2.24, 2.45) is 0 Å². The van der Waals surface area contributed by atoms with Gasteiger partial charge in [-0.3, -0.25) is 0 Å². The summed E-state index contributed by atoms with van der Waals surface area (Å²) < 4.78 is 16.0. The summed E-state index contributed by atoms with van der Waals surface area (Å²) in [7, 11) is 3.11. The highest BCUT2D eigenvalue weighted by molar-refractivity contribution is 7.14. The molecular formula is C21H18N2O4S. The van der Waals surface area contributed by atoms with Crippen LogP contribution in [0.25, 0.3) is 11.1 Å². The Balaban J connectivity index is 1.84. The molecule has 0 aliphatic carbocycles. The van der Waals surface area contributed by atoms with Crippen LogP contribution >= 0.6 is 11.3 Å². The van der Waals surface area contributed by atoms with Gasteiger partial charge in [0.15, 0.2) is 11.5 Å². The molecule has 2 aromatic carbocycles. The molecule has 28 heavy (non-hydrogen) atoms. The van der Waals surface area contributed by atoms with Gasteiger partial charge in [-0.2, -0.15) is 5.26 Å². The summed E-state index contributed by atoms with van der Waals surface area (Å²) >= 11 is 1.27. The lowest BCUT2D eigenvalue weighted by Crippen LogP contribution is -2.08. The minimum absolute atomic E-state index is 0.0885. The monoisotopic (exact) mass is 394 g/mol. The Hall–Kier alpha value is -3.50. The molecule has 0 unspecified atom stereocenters. The van der Waals surface area contributed by atoms with E-state index < -0.39 is 5.97 Å². The molecular weight excluding hydrogens is 376 g/mol. The highest BCUT2D eigenvalue weighted by Gasteiger charge is 2.21. The third-order valence-corrected chi connectivity index (χ3v) is 4.98. The van der Waals surface area contributed by atoms with Crippen LogP contribution in [0.4, 0.5) is 5.00 Å². The maximum atomic E-state index is 12.7. The van der Waals surface area contributed by atoms with Crippen molar-refractivity contribution in [2.75, 3.05) is 20.0 Å². The Bertz CT molecular complexity index is 1040. The molecule has 6 nitrogen and oxygen atoms in total. The smallest absolute Gasteiger partial charge is 0.342 e. The number of nitrogens with zero attached hydrogens (tertiary/aromatic N) is 1. The first-order valence-electron chi connectivity index (χ1n) is 8.33. The average Bonchev–Trinajstić information content (AvgIpc) is 3.13. The van der Waals surface area contributed by atoms with Crippen LogP contribution in [0, 0.1) is 11.3 Å². The van der Waals surface area contributed by atoms with Crippen molar-refractivity contribution < 1.29 is 19.0 Å². The predicted octanol–water partition coefficient (Wildman–Crippen LogP) is 4.24. The predicted molar refractivity (Wildman–Crippen MR) is 108 cm³/mol. The number of anilines is 1. The average molecular weight is 394 g/mol. The molecule has 0 aliphatic heterocycles. The Morgan fingerprint density at radius 3 is 2.46 bits per heavy atom. The van der Waals surface area contributed by atoms with Crippen molar-refractivity contribution in [1.82, 2.24) is 0 Å². The Morgan fingerprint density at radius 1 is 1.11 bits per heavy atom. The number of carbonyl (C=O) groups is 1. The van der Waals surface area contributed by atoms with E-state index in [1.165, 1.54) is 11.3 Å². The zero-order valence-corrected chi connectivity index (χ0v) is 16.2. The van der Waals surface area contributed by atoms with Gasteiger partial charge < -0.3 is 19.9 Å². The molecule has 0 aliphatic rings. The summed E-state index contributed by atoms with van der Waals surface area (Å²) in [6, 6.07) is 14.3. The number of thiophene rings is 1. The fraction of sp³-hybridized carbons (Fsp3) is 0.143. The second kappa shape index (κ2) is 8.46. The van der Waals surface area contributed by atoms with Crippen LogP contribution < -0.4 is 15.2 Å². The van der Waals surface area contributed by atoms with Crippen LogP contribution in [-0.4, -0.2) is 20.2 Å². The SMILES string of the molecule is COc1ccc(-c2csc(N)c2C(=O)OCc2ccc(C#N)cc2)cc1OC. The fourth-order valence-corrected chi connectivity index (χ4v) is 3.51. The molecule has 3 aromatic rings. The highest BCUT2D eigenvalue weighted by atomic mass is 32.1. The number of esters is 1. The summed E-state index contributed by atoms with van der Waals surface area (Å²) in [5.74, 6) is 0.647. The van der Waals surface area contributed by atoms with Gasteiger partial charge in [-0.1, -0.05) is 18.2 Å². The van der Waals surface area contributed by atoms with Crippen LogP contribution in [0.3, 0.4) is 0 Å². The van der Waals surface area contributed by atoms with Crippen molar-refractivity contribution >= 4 is 22.3 Å². The molecule has 0 saturated heterocycles. The number of rotatable bonds is 6. The van der Waals surface area contributed by atoms with E-state index in [0.29, 0.717) is 33.2 Å². The second-order valence-electron chi connectivity index (χ2n) is 5.84.